The first-order chi connectivity index (χ1) is 20.8. The van der Waals surface area contributed by atoms with Gasteiger partial charge in [0, 0.05) is 35.7 Å². The molecule has 0 spiro atoms. The van der Waals surface area contributed by atoms with Crippen LogP contribution in [0.1, 0.15) is 65.1 Å². The summed E-state index contributed by atoms with van der Waals surface area (Å²) in [4.78, 5) is 20.6. The van der Waals surface area contributed by atoms with E-state index in [1.54, 1.807) is 36.2 Å². The molecule has 0 saturated heterocycles. The third-order valence-corrected chi connectivity index (χ3v) is 8.50. The first-order valence-corrected chi connectivity index (χ1v) is 15.3. The van der Waals surface area contributed by atoms with Crippen LogP contribution in [0, 0.1) is 5.82 Å². The summed E-state index contributed by atoms with van der Waals surface area (Å²) in [7, 11) is -1.44. The van der Waals surface area contributed by atoms with Gasteiger partial charge in [-0.25, -0.2) is 8.60 Å². The Morgan fingerprint density at radius 2 is 1.63 bits per heavy atom. The number of anilines is 1. The average molecular weight is 596 g/mol. The van der Waals surface area contributed by atoms with Crippen molar-refractivity contribution in [2.45, 2.75) is 45.2 Å². The molecule has 1 unspecified atom stereocenters. The molecule has 1 amide bonds. The Kier molecular flexibility index (Phi) is 9.16. The number of hydrogen-bond donors (Lipinski definition) is 1. The van der Waals surface area contributed by atoms with Gasteiger partial charge in [0.05, 0.1) is 11.3 Å². The number of carbonyl (C=O) groups is 1. The second kappa shape index (κ2) is 13.2. The largest absolute Gasteiger partial charge is 0.478 e. The predicted molar refractivity (Wildman–Crippen MR) is 173 cm³/mol. The normalized spacial score (nSPS) is 13.5. The number of nitrogens with one attached hydrogen (secondary N) is 1. The highest BCUT2D eigenvalue weighted by molar-refractivity contribution is 7.86. The van der Waals surface area contributed by atoms with Crippen molar-refractivity contribution in [3.8, 4) is 5.75 Å². The summed E-state index contributed by atoms with van der Waals surface area (Å²) in [6.07, 6.45) is 2.75. The molecule has 5 rings (SSSR count). The molecule has 1 aliphatic heterocycles. The fourth-order valence-electron chi connectivity index (χ4n) is 5.13. The summed E-state index contributed by atoms with van der Waals surface area (Å²) in [5.74, 6) is -0.271. The maximum atomic E-state index is 14.3. The van der Waals surface area contributed by atoms with Gasteiger partial charge < -0.3 is 14.4 Å². The van der Waals surface area contributed by atoms with E-state index in [-0.39, 0.29) is 30.1 Å². The van der Waals surface area contributed by atoms with Gasteiger partial charge in [-0.1, -0.05) is 85.5 Å². The predicted octanol–water partition coefficient (Wildman–Crippen LogP) is 8.00. The molecular weight excluding hydrogens is 561 g/mol. The van der Waals surface area contributed by atoms with E-state index in [0.29, 0.717) is 33.8 Å². The van der Waals surface area contributed by atoms with Gasteiger partial charge >= 0.3 is 0 Å². The van der Waals surface area contributed by atoms with Crippen molar-refractivity contribution in [3.63, 3.8) is 0 Å². The molecule has 4 aromatic carbocycles. The Morgan fingerprint density at radius 1 is 1.02 bits per heavy atom. The van der Waals surface area contributed by atoms with E-state index >= 15 is 0 Å². The van der Waals surface area contributed by atoms with E-state index in [1.165, 1.54) is 12.1 Å². The molecule has 1 N–H and O–H groups in total. The molecule has 0 aromatic heterocycles. The zero-order chi connectivity index (χ0) is 30.5. The van der Waals surface area contributed by atoms with Crippen LogP contribution in [0.4, 0.5) is 15.8 Å². The summed E-state index contributed by atoms with van der Waals surface area (Å²) in [6.45, 7) is 10.1. The summed E-state index contributed by atoms with van der Waals surface area (Å²) < 4.78 is 36.8. The van der Waals surface area contributed by atoms with Gasteiger partial charge in [-0.2, -0.15) is 0 Å². The number of rotatable bonds is 11. The highest BCUT2D eigenvalue weighted by atomic mass is 32.2. The van der Waals surface area contributed by atoms with Crippen LogP contribution in [0.2, 0.25) is 0 Å². The van der Waals surface area contributed by atoms with E-state index in [9.17, 15) is 13.4 Å². The summed E-state index contributed by atoms with van der Waals surface area (Å²) in [6, 6.07) is 25.7. The Labute approximate surface area is 254 Å². The van der Waals surface area contributed by atoms with Crippen LogP contribution in [0.25, 0.3) is 6.08 Å². The van der Waals surface area contributed by atoms with Gasteiger partial charge in [-0.05, 0) is 49.6 Å². The van der Waals surface area contributed by atoms with Gasteiger partial charge in [0.25, 0.3) is 5.91 Å². The van der Waals surface area contributed by atoms with Crippen LogP contribution in [0.15, 0.2) is 96.5 Å². The van der Waals surface area contributed by atoms with Gasteiger partial charge in [0.15, 0.2) is 5.75 Å². The Morgan fingerprint density at radius 3 is 2.16 bits per heavy atom. The molecule has 4 aromatic rings. The lowest BCUT2D eigenvalue weighted by molar-refractivity contribution is 0.0762. The van der Waals surface area contributed by atoms with E-state index in [2.05, 4.69) is 16.3 Å². The molecular formula is C35H34FN3O3S. The maximum absolute atomic E-state index is 14.3. The molecule has 0 fully saturated rings. The molecule has 0 aliphatic carbocycles. The molecule has 220 valence electrons. The highest BCUT2D eigenvalue weighted by Crippen LogP contribution is 2.49. The molecule has 43 heavy (non-hydrogen) atoms. The fraction of sp³-hybridized carbons (Fsp3) is 0.200. The van der Waals surface area contributed by atoms with Crippen LogP contribution in [-0.2, 0) is 24.1 Å². The molecule has 1 atom stereocenters. The topological polar surface area (TPSA) is 71.0 Å². The smallest absolute Gasteiger partial charge is 0.258 e. The number of carbonyl (C=O) groups excluding carboxylic acids is 1. The number of fused-ring (bicyclic) bond motifs is 1. The van der Waals surface area contributed by atoms with Crippen LogP contribution < -0.4 is 9.46 Å². The number of hydrogen-bond acceptors (Lipinski definition) is 4. The molecule has 1 heterocycles. The summed E-state index contributed by atoms with van der Waals surface area (Å²) in [5, 5.41) is -0.185. The van der Waals surface area contributed by atoms with Crippen molar-refractivity contribution in [2.24, 2.45) is 4.99 Å². The van der Waals surface area contributed by atoms with Crippen molar-refractivity contribution in [1.82, 2.24) is 4.90 Å². The molecule has 0 bridgehead atoms. The van der Waals surface area contributed by atoms with E-state index in [4.69, 9.17) is 4.74 Å². The molecule has 8 heteroatoms. The Bertz CT molecular complexity index is 1630. The van der Waals surface area contributed by atoms with Crippen LogP contribution in [0.3, 0.4) is 0 Å². The molecule has 6 nitrogen and oxygen atoms in total. The van der Waals surface area contributed by atoms with Gasteiger partial charge in [0.1, 0.15) is 28.6 Å². The number of benzene rings is 4. The first-order valence-electron chi connectivity index (χ1n) is 14.1. The molecule has 0 radical (unpaired) electrons. The van der Waals surface area contributed by atoms with Crippen molar-refractivity contribution >= 4 is 40.6 Å². The minimum Gasteiger partial charge on any atom is -0.478 e. The second-order valence-corrected chi connectivity index (χ2v) is 12.2. The second-order valence-electron chi connectivity index (χ2n) is 10.5. The van der Waals surface area contributed by atoms with Gasteiger partial charge in [0.2, 0.25) is 0 Å². The van der Waals surface area contributed by atoms with Crippen molar-refractivity contribution < 1.29 is 18.1 Å². The summed E-state index contributed by atoms with van der Waals surface area (Å²) in [5.41, 5.74) is 5.17. The minimum atomic E-state index is -1.44. The SMILES string of the molecule is C=Cc1c(N=CC)c(OC(c2ccccc2)c2ccccc2)c2c(c1NS(=O)C(C)C)CN(Cc1ccc(F)cc1)C2=O. The number of aliphatic imine (C=N–C) groups is 1. The third kappa shape index (κ3) is 6.29. The molecule has 1 aliphatic rings. The average Bonchev–Trinajstić information content (AvgIpc) is 3.34. The van der Waals surface area contributed by atoms with Crippen LogP contribution >= 0.6 is 0 Å². The van der Waals surface area contributed by atoms with Crippen LogP contribution in [-0.4, -0.2) is 26.5 Å². The van der Waals surface area contributed by atoms with E-state index in [1.807, 2.05) is 74.5 Å². The Hall–Kier alpha value is -4.56. The number of ether oxygens (including phenoxy) is 1. The number of halogens is 1. The Balaban J connectivity index is 1.72. The zero-order valence-corrected chi connectivity index (χ0v) is 25.2. The zero-order valence-electron chi connectivity index (χ0n) is 24.4. The van der Waals surface area contributed by atoms with Crippen LogP contribution in [0.5, 0.6) is 5.75 Å². The summed E-state index contributed by atoms with van der Waals surface area (Å²) >= 11 is 0. The fourth-order valence-corrected chi connectivity index (χ4v) is 5.80. The van der Waals surface area contributed by atoms with Gasteiger partial charge in [-0.3, -0.25) is 9.79 Å². The quantitative estimate of drug-likeness (QED) is 0.179. The lowest BCUT2D eigenvalue weighted by atomic mass is 9.97. The molecule has 0 saturated carbocycles. The van der Waals surface area contributed by atoms with Gasteiger partial charge in [-0.15, -0.1) is 0 Å². The highest BCUT2D eigenvalue weighted by Gasteiger charge is 2.38. The van der Waals surface area contributed by atoms with E-state index in [0.717, 1.165) is 16.7 Å². The van der Waals surface area contributed by atoms with Crippen molar-refractivity contribution in [3.05, 3.63) is 131 Å². The number of amides is 1. The van der Waals surface area contributed by atoms with Crippen molar-refractivity contribution in [2.75, 3.05) is 4.72 Å². The number of nitrogens with zero attached hydrogens (tertiary/aromatic N) is 2. The monoisotopic (exact) mass is 595 g/mol. The lowest BCUT2D eigenvalue weighted by Crippen LogP contribution is -2.23. The standard InChI is InChI=1S/C35H34FN3O3S/c1-5-28-31(38-43(41)23(3)4)29-22-39(21-24-17-19-27(36)20-18-24)35(40)30(29)34(32(28)37-6-2)42-33(25-13-9-7-10-14-25)26-15-11-8-12-16-26/h5-20,23,33,38H,1,21-22H2,2-4H3. The first kappa shape index (κ1) is 29.9. The van der Waals surface area contributed by atoms with Crippen molar-refractivity contribution in [1.29, 1.82) is 0 Å². The van der Waals surface area contributed by atoms with E-state index < -0.39 is 17.1 Å². The minimum absolute atomic E-state index is 0.185. The maximum Gasteiger partial charge on any atom is 0.258 e. The lowest BCUT2D eigenvalue weighted by Gasteiger charge is -2.25. The third-order valence-electron chi connectivity index (χ3n) is 7.24.